The Kier molecular flexibility index (Phi) is 8.39. The molecule has 0 N–H and O–H groups in total. The molecule has 0 saturated carbocycles. The molecular weight excluding hydrogens is 753 g/mol. The average Bonchev–Trinajstić information content (AvgIpc) is 3.64. The molecule has 0 unspecified atom stereocenters. The summed E-state index contributed by atoms with van der Waals surface area (Å²) in [5.74, 6) is 2.50. The van der Waals surface area contributed by atoms with Crippen LogP contribution >= 0.6 is 0 Å². The van der Waals surface area contributed by atoms with E-state index in [1.807, 2.05) is 36.4 Å². The molecule has 1 aromatic heterocycles. The molecule has 1 aliphatic heterocycles. The van der Waals surface area contributed by atoms with E-state index in [-0.39, 0.29) is 0 Å². The van der Waals surface area contributed by atoms with Gasteiger partial charge in [-0.15, -0.1) is 0 Å². The number of aromatic nitrogens is 2. The summed E-state index contributed by atoms with van der Waals surface area (Å²) in [6.45, 7) is 0. The van der Waals surface area contributed by atoms with Gasteiger partial charge in [-0.2, -0.15) is 0 Å². The number of nitrogens with zero attached hydrogens (tertiary/aromatic N) is 2. The standard InChI is InChI=1S/C59H38N2O/c1-3-16-39(17-4-1)54-38-55(40-18-5-2-6-19-40)61-58(60-54)47-25-15-24-45(36-47)43-22-13-20-41(34-43)42-21-14-23-44(35-42)46-32-33-49-48-26-7-8-27-50(48)59(53(49)37-46)51-28-9-11-30-56(51)62-57-31-12-10-29-52(57)59/h1-38H. The Morgan fingerprint density at radius 2 is 0.677 bits per heavy atom. The van der Waals surface area contributed by atoms with Gasteiger partial charge in [0.25, 0.3) is 0 Å². The summed E-state index contributed by atoms with van der Waals surface area (Å²) in [7, 11) is 0. The molecule has 3 nitrogen and oxygen atoms in total. The Morgan fingerprint density at radius 1 is 0.274 bits per heavy atom. The summed E-state index contributed by atoms with van der Waals surface area (Å²) >= 11 is 0. The maximum absolute atomic E-state index is 6.58. The first-order valence-corrected chi connectivity index (χ1v) is 21.1. The second-order valence-electron chi connectivity index (χ2n) is 16.1. The van der Waals surface area contributed by atoms with Crippen LogP contribution in [0.25, 0.3) is 78.4 Å². The van der Waals surface area contributed by atoms with E-state index in [2.05, 4.69) is 194 Å². The van der Waals surface area contributed by atoms with Gasteiger partial charge < -0.3 is 4.74 Å². The van der Waals surface area contributed by atoms with E-state index in [9.17, 15) is 0 Å². The lowest BCUT2D eigenvalue weighted by Gasteiger charge is -2.39. The van der Waals surface area contributed by atoms with Crippen molar-refractivity contribution in [2.75, 3.05) is 0 Å². The largest absolute Gasteiger partial charge is 0.457 e. The van der Waals surface area contributed by atoms with Crippen LogP contribution in [0.2, 0.25) is 0 Å². The minimum absolute atomic E-state index is 0.509. The number of para-hydroxylation sites is 2. The highest BCUT2D eigenvalue weighted by Gasteiger charge is 2.51. The molecule has 0 atom stereocenters. The lowest BCUT2D eigenvalue weighted by molar-refractivity contribution is 0.436. The Morgan fingerprint density at radius 3 is 1.23 bits per heavy atom. The van der Waals surface area contributed by atoms with Crippen molar-refractivity contribution >= 4 is 0 Å². The summed E-state index contributed by atoms with van der Waals surface area (Å²) in [4.78, 5) is 10.2. The number of rotatable bonds is 6. The molecule has 62 heavy (non-hydrogen) atoms. The molecule has 290 valence electrons. The topological polar surface area (TPSA) is 35.0 Å². The van der Waals surface area contributed by atoms with Gasteiger partial charge in [-0.1, -0.05) is 188 Å². The number of ether oxygens (including phenoxy) is 1. The van der Waals surface area contributed by atoms with Crippen molar-refractivity contribution in [3.8, 4) is 89.9 Å². The fraction of sp³-hybridized carbons (Fsp3) is 0.0169. The fourth-order valence-electron chi connectivity index (χ4n) is 9.72. The predicted molar refractivity (Wildman–Crippen MR) is 252 cm³/mol. The van der Waals surface area contributed by atoms with Gasteiger partial charge in [-0.05, 0) is 98.1 Å². The molecule has 2 heterocycles. The molecule has 0 saturated heterocycles. The molecule has 0 amide bonds. The van der Waals surface area contributed by atoms with Crippen molar-refractivity contribution in [2.24, 2.45) is 0 Å². The lowest BCUT2D eigenvalue weighted by Crippen LogP contribution is -2.32. The van der Waals surface area contributed by atoms with Crippen LogP contribution in [-0.2, 0) is 5.41 Å². The fourth-order valence-corrected chi connectivity index (χ4v) is 9.72. The van der Waals surface area contributed by atoms with Crippen molar-refractivity contribution in [3.63, 3.8) is 0 Å². The molecule has 0 bridgehead atoms. The predicted octanol–water partition coefficient (Wildman–Crippen LogP) is 14.9. The SMILES string of the molecule is c1ccc(-c2cc(-c3ccccc3)nc(-c3cccc(-c4cccc(-c5cccc(-c6ccc7c(c6)C6(c8ccccc8Oc8ccccc86)c6ccccc6-7)c5)c4)c3)n2)cc1. The molecular formula is C59H38N2O. The number of hydrogen-bond donors (Lipinski definition) is 0. The average molecular weight is 791 g/mol. The second-order valence-corrected chi connectivity index (χ2v) is 16.1. The van der Waals surface area contributed by atoms with Crippen LogP contribution in [0.5, 0.6) is 11.5 Å². The van der Waals surface area contributed by atoms with Gasteiger partial charge in [0.2, 0.25) is 0 Å². The number of hydrogen-bond acceptors (Lipinski definition) is 3. The molecule has 9 aromatic carbocycles. The molecule has 0 radical (unpaired) electrons. The van der Waals surface area contributed by atoms with Crippen molar-refractivity contribution in [2.45, 2.75) is 5.41 Å². The maximum Gasteiger partial charge on any atom is 0.160 e. The van der Waals surface area contributed by atoms with E-state index in [0.717, 1.165) is 61.8 Å². The Balaban J connectivity index is 0.926. The third-order valence-electron chi connectivity index (χ3n) is 12.6. The monoisotopic (exact) mass is 790 g/mol. The summed E-state index contributed by atoms with van der Waals surface area (Å²) in [6.07, 6.45) is 0. The number of benzene rings is 9. The van der Waals surface area contributed by atoms with E-state index >= 15 is 0 Å². The Bertz CT molecular complexity index is 3230. The molecule has 12 rings (SSSR count). The van der Waals surface area contributed by atoms with Crippen LogP contribution in [0.1, 0.15) is 22.3 Å². The summed E-state index contributed by atoms with van der Waals surface area (Å²) in [5.41, 5.74) is 18.7. The van der Waals surface area contributed by atoms with E-state index in [1.54, 1.807) is 0 Å². The first-order valence-electron chi connectivity index (χ1n) is 21.1. The van der Waals surface area contributed by atoms with Gasteiger partial charge in [0.1, 0.15) is 11.5 Å². The third-order valence-corrected chi connectivity index (χ3v) is 12.6. The van der Waals surface area contributed by atoms with Crippen molar-refractivity contribution < 1.29 is 4.74 Å². The normalized spacial score (nSPS) is 12.8. The van der Waals surface area contributed by atoms with Gasteiger partial charge >= 0.3 is 0 Å². The van der Waals surface area contributed by atoms with Gasteiger partial charge in [0.15, 0.2) is 5.82 Å². The Labute approximate surface area is 361 Å². The molecule has 10 aromatic rings. The summed E-state index contributed by atoms with van der Waals surface area (Å²) in [5, 5.41) is 0. The molecule has 1 aliphatic carbocycles. The lowest BCUT2D eigenvalue weighted by atomic mass is 9.66. The van der Waals surface area contributed by atoms with Crippen molar-refractivity contribution in [1.29, 1.82) is 0 Å². The van der Waals surface area contributed by atoms with Crippen LogP contribution in [0.4, 0.5) is 0 Å². The molecule has 1 spiro atoms. The van der Waals surface area contributed by atoms with Gasteiger partial charge in [0.05, 0.1) is 16.8 Å². The summed E-state index contributed by atoms with van der Waals surface area (Å²) < 4.78 is 6.58. The van der Waals surface area contributed by atoms with E-state index < -0.39 is 5.41 Å². The third kappa shape index (κ3) is 5.82. The summed E-state index contributed by atoms with van der Waals surface area (Å²) in [6, 6.07) is 82.1. The number of fused-ring (bicyclic) bond motifs is 9. The quantitative estimate of drug-likeness (QED) is 0.168. The van der Waals surface area contributed by atoms with Gasteiger partial charge in [-0.25, -0.2) is 9.97 Å². The minimum atomic E-state index is -0.509. The van der Waals surface area contributed by atoms with E-state index in [4.69, 9.17) is 14.7 Å². The van der Waals surface area contributed by atoms with Crippen LogP contribution in [-0.4, -0.2) is 9.97 Å². The Hall–Kier alpha value is -8.14. The van der Waals surface area contributed by atoms with Gasteiger partial charge in [-0.3, -0.25) is 0 Å². The second kappa shape index (κ2) is 14.5. The zero-order valence-electron chi connectivity index (χ0n) is 33.7. The first kappa shape index (κ1) is 35.8. The molecule has 2 aliphatic rings. The van der Waals surface area contributed by atoms with Crippen LogP contribution in [0.15, 0.2) is 231 Å². The maximum atomic E-state index is 6.58. The molecule has 3 heteroatoms. The first-order chi connectivity index (χ1) is 30.7. The molecule has 0 fully saturated rings. The minimum Gasteiger partial charge on any atom is -0.457 e. The van der Waals surface area contributed by atoms with Crippen LogP contribution < -0.4 is 4.74 Å². The zero-order valence-corrected chi connectivity index (χ0v) is 33.7. The highest BCUT2D eigenvalue weighted by molar-refractivity contribution is 5.91. The van der Waals surface area contributed by atoms with Crippen molar-refractivity contribution in [3.05, 3.63) is 253 Å². The van der Waals surface area contributed by atoms with Crippen LogP contribution in [0.3, 0.4) is 0 Å². The van der Waals surface area contributed by atoms with Gasteiger partial charge in [0, 0.05) is 27.8 Å². The zero-order chi connectivity index (χ0) is 41.0. The van der Waals surface area contributed by atoms with E-state index in [1.165, 1.54) is 44.5 Å². The van der Waals surface area contributed by atoms with E-state index in [0.29, 0.717) is 5.82 Å². The smallest absolute Gasteiger partial charge is 0.160 e. The highest BCUT2D eigenvalue weighted by Crippen LogP contribution is 2.62. The van der Waals surface area contributed by atoms with Crippen molar-refractivity contribution in [1.82, 2.24) is 9.97 Å². The highest BCUT2D eigenvalue weighted by atomic mass is 16.5. The van der Waals surface area contributed by atoms with Crippen LogP contribution in [0, 0.1) is 0 Å².